The van der Waals surface area contributed by atoms with Crippen molar-refractivity contribution in [2.75, 3.05) is 27.3 Å². The zero-order valence-corrected chi connectivity index (χ0v) is 14.2. The van der Waals surface area contributed by atoms with Gasteiger partial charge in [0, 0.05) is 30.4 Å². The van der Waals surface area contributed by atoms with Crippen LogP contribution in [0.5, 0.6) is 11.5 Å². The summed E-state index contributed by atoms with van der Waals surface area (Å²) in [5.41, 5.74) is 4.62. The number of allylic oxidation sites excluding steroid dienone is 1. The van der Waals surface area contributed by atoms with Gasteiger partial charge in [0.25, 0.3) is 0 Å². The number of benzene rings is 1. The first-order chi connectivity index (χ1) is 11.2. The van der Waals surface area contributed by atoms with Gasteiger partial charge in [-0.25, -0.2) is 0 Å². The lowest BCUT2D eigenvalue weighted by Crippen LogP contribution is -2.33. The Balaban J connectivity index is 2.01. The second-order valence-corrected chi connectivity index (χ2v) is 6.16. The second-order valence-electron chi connectivity index (χ2n) is 6.16. The number of aliphatic hydroxyl groups is 1. The summed E-state index contributed by atoms with van der Waals surface area (Å²) in [4.78, 5) is 2.36. The van der Waals surface area contributed by atoms with Crippen molar-refractivity contribution in [1.29, 1.82) is 0 Å². The van der Waals surface area contributed by atoms with Crippen LogP contribution in [0.25, 0.3) is 5.70 Å². The molecule has 2 aliphatic rings. The number of rotatable bonds is 5. The van der Waals surface area contributed by atoms with Gasteiger partial charge in [0.15, 0.2) is 11.5 Å². The summed E-state index contributed by atoms with van der Waals surface area (Å²) < 4.78 is 10.8. The van der Waals surface area contributed by atoms with Gasteiger partial charge in [0.05, 0.1) is 14.2 Å². The molecule has 0 radical (unpaired) electrons. The van der Waals surface area contributed by atoms with Crippen molar-refractivity contribution in [3.8, 4) is 11.5 Å². The second kappa shape index (κ2) is 6.57. The molecule has 0 spiro atoms. The Labute approximate surface area is 138 Å². The highest BCUT2D eigenvalue weighted by molar-refractivity contribution is 5.74. The zero-order chi connectivity index (χ0) is 16.4. The van der Waals surface area contributed by atoms with Crippen molar-refractivity contribution in [3.05, 3.63) is 40.7 Å². The fourth-order valence-corrected chi connectivity index (χ4v) is 3.39. The molecule has 0 saturated carbocycles. The number of hydrogen-bond acceptors (Lipinski definition) is 4. The summed E-state index contributed by atoms with van der Waals surface area (Å²) in [6, 6.07) is 4.08. The Kier molecular flexibility index (Phi) is 4.51. The molecule has 2 aliphatic heterocycles. The molecule has 0 fully saturated rings. The molecule has 4 heteroatoms. The maximum Gasteiger partial charge on any atom is 0.161 e. The monoisotopic (exact) mass is 315 g/mol. The highest BCUT2D eigenvalue weighted by Gasteiger charge is 2.27. The molecule has 1 aromatic rings. The molecule has 0 bridgehead atoms. The summed E-state index contributed by atoms with van der Waals surface area (Å²) in [5.74, 6) is 1.93. The number of fused-ring (bicyclic) bond motifs is 3. The normalized spacial score (nSPS) is 16.7. The van der Waals surface area contributed by atoms with Crippen LogP contribution in [0.4, 0.5) is 0 Å². The quantitative estimate of drug-likeness (QED) is 0.894. The SMILES string of the molecule is CCCCC1=C(O)C=C2c3cc(OC)c(OC)cc3CCN2C1. The van der Waals surface area contributed by atoms with E-state index in [4.69, 9.17) is 9.47 Å². The van der Waals surface area contributed by atoms with E-state index in [0.29, 0.717) is 5.76 Å². The Morgan fingerprint density at radius 3 is 2.61 bits per heavy atom. The molecule has 0 unspecified atom stereocenters. The Hall–Kier alpha value is -2.10. The van der Waals surface area contributed by atoms with Crippen LogP contribution in [0, 0.1) is 0 Å². The smallest absolute Gasteiger partial charge is 0.161 e. The van der Waals surface area contributed by atoms with Crippen molar-refractivity contribution in [3.63, 3.8) is 0 Å². The van der Waals surface area contributed by atoms with Gasteiger partial charge in [-0.2, -0.15) is 0 Å². The topological polar surface area (TPSA) is 41.9 Å². The molecule has 1 aromatic carbocycles. The van der Waals surface area contributed by atoms with Crippen LogP contribution in [0.2, 0.25) is 0 Å². The maximum atomic E-state index is 10.4. The largest absolute Gasteiger partial charge is 0.508 e. The van der Waals surface area contributed by atoms with Gasteiger partial charge in [0.2, 0.25) is 0 Å². The molecule has 0 aromatic heterocycles. The highest BCUT2D eigenvalue weighted by Crippen LogP contribution is 2.40. The minimum absolute atomic E-state index is 0.437. The van der Waals surface area contributed by atoms with Gasteiger partial charge in [-0.05, 0) is 42.5 Å². The van der Waals surface area contributed by atoms with E-state index >= 15 is 0 Å². The molecule has 3 rings (SSSR count). The highest BCUT2D eigenvalue weighted by atomic mass is 16.5. The zero-order valence-electron chi connectivity index (χ0n) is 14.2. The molecule has 124 valence electrons. The molecule has 23 heavy (non-hydrogen) atoms. The van der Waals surface area contributed by atoms with E-state index in [1.54, 1.807) is 14.2 Å². The Morgan fingerprint density at radius 1 is 1.17 bits per heavy atom. The van der Waals surface area contributed by atoms with Gasteiger partial charge in [-0.1, -0.05) is 13.3 Å². The first-order valence-corrected chi connectivity index (χ1v) is 8.30. The third-order valence-electron chi connectivity index (χ3n) is 4.73. The molecule has 0 atom stereocenters. The van der Waals surface area contributed by atoms with Gasteiger partial charge in [-0.15, -0.1) is 0 Å². The van der Waals surface area contributed by atoms with Crippen LogP contribution in [0.15, 0.2) is 29.5 Å². The molecular formula is C19H25NO3. The minimum Gasteiger partial charge on any atom is -0.508 e. The molecule has 0 amide bonds. The van der Waals surface area contributed by atoms with Crippen molar-refractivity contribution >= 4 is 5.70 Å². The standard InChI is InChI=1S/C19H25NO3/c1-4-5-6-14-12-20-8-7-13-9-18(22-2)19(23-3)10-15(13)16(20)11-17(14)21/h9-11,21H,4-8,12H2,1-3H3. The van der Waals surface area contributed by atoms with Crippen LogP contribution in [-0.2, 0) is 6.42 Å². The van der Waals surface area contributed by atoms with E-state index < -0.39 is 0 Å². The fourth-order valence-electron chi connectivity index (χ4n) is 3.39. The van der Waals surface area contributed by atoms with Crippen LogP contribution in [-0.4, -0.2) is 37.3 Å². The number of methoxy groups -OCH3 is 2. The number of hydrogen-bond donors (Lipinski definition) is 1. The first kappa shape index (κ1) is 15.8. The minimum atomic E-state index is 0.437. The third kappa shape index (κ3) is 2.90. The summed E-state index contributed by atoms with van der Waals surface area (Å²) in [6.45, 7) is 3.97. The summed E-state index contributed by atoms with van der Waals surface area (Å²) >= 11 is 0. The Morgan fingerprint density at radius 2 is 1.91 bits per heavy atom. The van der Waals surface area contributed by atoms with E-state index in [1.165, 1.54) is 5.56 Å². The number of ether oxygens (including phenoxy) is 2. The lowest BCUT2D eigenvalue weighted by Gasteiger charge is -2.37. The van der Waals surface area contributed by atoms with Gasteiger partial charge in [-0.3, -0.25) is 0 Å². The molecule has 0 saturated heterocycles. The van der Waals surface area contributed by atoms with E-state index in [1.807, 2.05) is 12.1 Å². The van der Waals surface area contributed by atoms with E-state index in [0.717, 1.165) is 67.1 Å². The number of nitrogens with zero attached hydrogens (tertiary/aromatic N) is 1. The predicted octanol–water partition coefficient (Wildman–Crippen LogP) is 3.92. The van der Waals surface area contributed by atoms with Gasteiger partial charge < -0.3 is 19.5 Å². The van der Waals surface area contributed by atoms with Crippen molar-refractivity contribution in [2.24, 2.45) is 0 Å². The van der Waals surface area contributed by atoms with Crippen molar-refractivity contribution in [2.45, 2.75) is 32.6 Å². The van der Waals surface area contributed by atoms with E-state index in [-0.39, 0.29) is 0 Å². The lowest BCUT2D eigenvalue weighted by atomic mass is 9.91. The van der Waals surface area contributed by atoms with Crippen LogP contribution >= 0.6 is 0 Å². The van der Waals surface area contributed by atoms with Crippen LogP contribution in [0.3, 0.4) is 0 Å². The maximum absolute atomic E-state index is 10.4. The van der Waals surface area contributed by atoms with Crippen LogP contribution < -0.4 is 9.47 Å². The number of unbranched alkanes of at least 4 members (excludes halogenated alkanes) is 1. The molecule has 0 aliphatic carbocycles. The Bertz CT molecular complexity index is 661. The average molecular weight is 315 g/mol. The van der Waals surface area contributed by atoms with E-state index in [2.05, 4.69) is 17.9 Å². The number of aliphatic hydroxyl groups excluding tert-OH is 1. The third-order valence-corrected chi connectivity index (χ3v) is 4.73. The summed E-state index contributed by atoms with van der Waals surface area (Å²) in [6.07, 6.45) is 6.14. The predicted molar refractivity (Wildman–Crippen MR) is 92.0 cm³/mol. The summed E-state index contributed by atoms with van der Waals surface area (Å²) in [5, 5.41) is 10.4. The molecule has 2 heterocycles. The fraction of sp³-hybridized carbons (Fsp3) is 0.474. The summed E-state index contributed by atoms with van der Waals surface area (Å²) in [7, 11) is 3.31. The average Bonchev–Trinajstić information content (AvgIpc) is 2.58. The first-order valence-electron chi connectivity index (χ1n) is 8.30. The van der Waals surface area contributed by atoms with Crippen molar-refractivity contribution in [1.82, 2.24) is 4.90 Å². The van der Waals surface area contributed by atoms with Crippen molar-refractivity contribution < 1.29 is 14.6 Å². The van der Waals surface area contributed by atoms with Gasteiger partial charge in [0.1, 0.15) is 5.76 Å². The molecule has 4 nitrogen and oxygen atoms in total. The van der Waals surface area contributed by atoms with E-state index in [9.17, 15) is 5.11 Å². The molecule has 1 N–H and O–H groups in total. The lowest BCUT2D eigenvalue weighted by molar-refractivity contribution is 0.349. The van der Waals surface area contributed by atoms with Gasteiger partial charge >= 0.3 is 0 Å². The molecular weight excluding hydrogens is 290 g/mol. The van der Waals surface area contributed by atoms with Crippen LogP contribution in [0.1, 0.15) is 37.3 Å².